The molecule has 0 aliphatic carbocycles. The predicted octanol–water partition coefficient (Wildman–Crippen LogP) is 2.45. The van der Waals surface area contributed by atoms with Gasteiger partial charge in [-0.15, -0.1) is 0 Å². The van der Waals surface area contributed by atoms with Gasteiger partial charge in [0.15, 0.2) is 5.78 Å². The molecule has 0 N–H and O–H groups in total. The molecule has 1 heterocycles. The maximum Gasteiger partial charge on any atom is 0.243 e. The molecule has 0 amide bonds. The number of hydrogen-bond acceptors (Lipinski definition) is 3. The van der Waals surface area contributed by atoms with Crippen molar-refractivity contribution in [3.63, 3.8) is 0 Å². The quantitative estimate of drug-likeness (QED) is 0.800. The lowest BCUT2D eigenvalue weighted by Gasteiger charge is -2.30. The smallest absolute Gasteiger partial charge is 0.243 e. The monoisotopic (exact) mass is 281 g/mol. The van der Waals surface area contributed by atoms with Crippen molar-refractivity contribution in [2.45, 2.75) is 44.0 Å². The van der Waals surface area contributed by atoms with Gasteiger partial charge in [-0.2, -0.15) is 4.31 Å². The summed E-state index contributed by atoms with van der Waals surface area (Å²) in [5.74, 6) is -0.0644. The highest BCUT2D eigenvalue weighted by Crippen LogP contribution is 2.33. The number of carbonyl (C=O) groups excluding carboxylic acids is 1. The van der Waals surface area contributed by atoms with Crippen LogP contribution in [0.3, 0.4) is 0 Å². The maximum atomic E-state index is 12.6. The van der Waals surface area contributed by atoms with Crippen LogP contribution in [0.1, 0.15) is 44.0 Å². The Bertz CT molecular complexity index is 588. The fourth-order valence-corrected chi connectivity index (χ4v) is 4.36. The van der Waals surface area contributed by atoms with Crippen molar-refractivity contribution in [2.75, 3.05) is 6.54 Å². The van der Waals surface area contributed by atoms with Crippen LogP contribution in [0.4, 0.5) is 0 Å². The van der Waals surface area contributed by atoms with Gasteiger partial charge in [-0.25, -0.2) is 8.42 Å². The van der Waals surface area contributed by atoms with E-state index in [2.05, 4.69) is 0 Å². The molecule has 0 aromatic heterocycles. The van der Waals surface area contributed by atoms with Crippen LogP contribution < -0.4 is 0 Å². The molecule has 1 aliphatic heterocycles. The van der Waals surface area contributed by atoms with Crippen molar-refractivity contribution >= 4 is 15.8 Å². The van der Waals surface area contributed by atoms with Gasteiger partial charge in [0.05, 0.1) is 4.90 Å². The number of sulfonamides is 1. The summed E-state index contributed by atoms with van der Waals surface area (Å²) in [7, 11) is -3.47. The van der Waals surface area contributed by atoms with Gasteiger partial charge in [-0.3, -0.25) is 4.79 Å². The molecule has 0 radical (unpaired) electrons. The molecule has 1 aromatic carbocycles. The van der Waals surface area contributed by atoms with E-state index >= 15 is 0 Å². The molecule has 0 unspecified atom stereocenters. The zero-order valence-electron chi connectivity index (χ0n) is 11.5. The van der Waals surface area contributed by atoms with Crippen molar-refractivity contribution in [2.24, 2.45) is 0 Å². The first-order valence-corrected chi connectivity index (χ1v) is 7.83. The molecule has 2 rings (SSSR count). The summed E-state index contributed by atoms with van der Waals surface area (Å²) in [5, 5.41) is 0. The third kappa shape index (κ3) is 2.58. The third-order valence-corrected chi connectivity index (χ3v) is 5.80. The van der Waals surface area contributed by atoms with Gasteiger partial charge in [0.2, 0.25) is 10.0 Å². The number of rotatable bonds is 3. The van der Waals surface area contributed by atoms with Crippen LogP contribution in [0, 0.1) is 0 Å². The van der Waals surface area contributed by atoms with Crippen LogP contribution in [0.25, 0.3) is 0 Å². The van der Waals surface area contributed by atoms with Crippen LogP contribution in [0.2, 0.25) is 0 Å². The molecule has 4 nitrogen and oxygen atoms in total. The third-order valence-electron chi connectivity index (χ3n) is 3.67. The Morgan fingerprint density at radius 2 is 1.79 bits per heavy atom. The summed E-state index contributed by atoms with van der Waals surface area (Å²) < 4.78 is 26.7. The number of hydrogen-bond donors (Lipinski definition) is 0. The second-order valence-corrected chi connectivity index (χ2v) is 7.44. The molecule has 104 valence electrons. The lowest BCUT2D eigenvalue weighted by molar-refractivity contribution is 0.101. The second kappa shape index (κ2) is 4.72. The van der Waals surface area contributed by atoms with E-state index in [0.29, 0.717) is 12.1 Å². The Morgan fingerprint density at radius 1 is 1.21 bits per heavy atom. The minimum absolute atomic E-state index is 0.0644. The first kappa shape index (κ1) is 14.2. The molecule has 0 bridgehead atoms. The summed E-state index contributed by atoms with van der Waals surface area (Å²) in [5.41, 5.74) is 0.192. The van der Waals surface area contributed by atoms with E-state index in [1.54, 1.807) is 16.4 Å². The summed E-state index contributed by atoms with van der Waals surface area (Å²) in [6, 6.07) is 6.16. The Hall–Kier alpha value is -1.20. The fraction of sp³-hybridized carbons (Fsp3) is 0.500. The second-order valence-electron chi connectivity index (χ2n) is 5.57. The van der Waals surface area contributed by atoms with Gasteiger partial charge in [0.1, 0.15) is 0 Å². The van der Waals surface area contributed by atoms with Crippen LogP contribution in [-0.4, -0.2) is 30.6 Å². The van der Waals surface area contributed by atoms with Crippen LogP contribution in [0.5, 0.6) is 0 Å². The van der Waals surface area contributed by atoms with E-state index < -0.39 is 10.0 Å². The highest BCUT2D eigenvalue weighted by atomic mass is 32.2. The van der Waals surface area contributed by atoms with E-state index in [1.807, 2.05) is 13.8 Å². The zero-order chi connectivity index (χ0) is 14.3. The average Bonchev–Trinajstić information content (AvgIpc) is 2.69. The van der Waals surface area contributed by atoms with Crippen LogP contribution in [-0.2, 0) is 10.0 Å². The number of carbonyl (C=O) groups is 1. The molecular formula is C14H19NO3S. The number of nitrogens with zero attached hydrogens (tertiary/aromatic N) is 1. The predicted molar refractivity (Wildman–Crippen MR) is 73.7 cm³/mol. The van der Waals surface area contributed by atoms with E-state index in [9.17, 15) is 13.2 Å². The first-order chi connectivity index (χ1) is 8.75. The summed E-state index contributed by atoms with van der Waals surface area (Å²) in [6.07, 6.45) is 1.76. The molecule has 1 saturated heterocycles. The van der Waals surface area contributed by atoms with E-state index in [1.165, 1.54) is 19.1 Å². The SMILES string of the molecule is CC(=O)c1ccc(S(=O)(=O)N2CCCC2(C)C)cc1. The lowest BCUT2D eigenvalue weighted by Crippen LogP contribution is -2.42. The fourth-order valence-electron chi connectivity index (χ4n) is 2.52. The van der Waals surface area contributed by atoms with Crippen molar-refractivity contribution in [1.29, 1.82) is 0 Å². The maximum absolute atomic E-state index is 12.6. The van der Waals surface area contributed by atoms with Crippen molar-refractivity contribution < 1.29 is 13.2 Å². The van der Waals surface area contributed by atoms with Gasteiger partial charge in [0, 0.05) is 17.6 Å². The minimum Gasteiger partial charge on any atom is -0.295 e. The van der Waals surface area contributed by atoms with E-state index in [4.69, 9.17) is 0 Å². The Balaban J connectivity index is 2.37. The lowest BCUT2D eigenvalue weighted by atomic mass is 10.0. The first-order valence-electron chi connectivity index (χ1n) is 6.39. The van der Waals surface area contributed by atoms with Crippen LogP contribution >= 0.6 is 0 Å². The largest absolute Gasteiger partial charge is 0.295 e. The topological polar surface area (TPSA) is 54.5 Å². The average molecular weight is 281 g/mol. The highest BCUT2D eigenvalue weighted by Gasteiger charge is 2.40. The Morgan fingerprint density at radius 3 is 2.21 bits per heavy atom. The van der Waals surface area contributed by atoms with Crippen molar-refractivity contribution in [3.05, 3.63) is 29.8 Å². The summed E-state index contributed by atoms with van der Waals surface area (Å²) in [4.78, 5) is 11.5. The van der Waals surface area contributed by atoms with Gasteiger partial charge in [-0.1, -0.05) is 12.1 Å². The van der Waals surface area contributed by atoms with E-state index in [0.717, 1.165) is 12.8 Å². The van der Waals surface area contributed by atoms with Crippen LogP contribution in [0.15, 0.2) is 29.2 Å². The molecule has 1 aliphatic rings. The van der Waals surface area contributed by atoms with Gasteiger partial charge in [0.25, 0.3) is 0 Å². The summed E-state index contributed by atoms with van der Waals surface area (Å²) >= 11 is 0. The molecule has 0 saturated carbocycles. The number of Topliss-reactive ketones (excluding diaryl/α,β-unsaturated/α-hetero) is 1. The summed E-state index contributed by atoms with van der Waals surface area (Å²) in [6.45, 7) is 5.92. The molecular weight excluding hydrogens is 262 g/mol. The molecule has 1 fully saturated rings. The minimum atomic E-state index is -3.47. The molecule has 0 spiro atoms. The van der Waals surface area contributed by atoms with Crippen molar-refractivity contribution in [1.82, 2.24) is 4.31 Å². The molecule has 0 atom stereocenters. The molecule has 19 heavy (non-hydrogen) atoms. The number of benzene rings is 1. The van der Waals surface area contributed by atoms with Gasteiger partial charge >= 0.3 is 0 Å². The zero-order valence-corrected chi connectivity index (χ0v) is 12.3. The Kier molecular flexibility index (Phi) is 3.53. The Labute approximate surface area is 114 Å². The molecule has 1 aromatic rings. The van der Waals surface area contributed by atoms with Gasteiger partial charge < -0.3 is 0 Å². The number of ketones is 1. The van der Waals surface area contributed by atoms with Gasteiger partial charge in [-0.05, 0) is 45.7 Å². The molecule has 5 heteroatoms. The van der Waals surface area contributed by atoms with Crippen molar-refractivity contribution in [3.8, 4) is 0 Å². The van der Waals surface area contributed by atoms with E-state index in [-0.39, 0.29) is 16.2 Å². The highest BCUT2D eigenvalue weighted by molar-refractivity contribution is 7.89. The standard InChI is InChI=1S/C14H19NO3S/c1-11(16)12-5-7-13(8-6-12)19(17,18)15-10-4-9-14(15,2)3/h5-8H,4,9-10H2,1-3H3. The normalized spacial score (nSPS) is 19.5.